The Bertz CT molecular complexity index is 616. The van der Waals surface area contributed by atoms with Crippen LogP contribution in [0, 0.1) is 10.8 Å². The predicted molar refractivity (Wildman–Crippen MR) is 120 cm³/mol. The molecule has 0 aromatic heterocycles. The van der Waals surface area contributed by atoms with Crippen molar-refractivity contribution in [2.45, 2.75) is 27.7 Å². The van der Waals surface area contributed by atoms with Crippen molar-refractivity contribution in [3.05, 3.63) is 29.8 Å². The largest absolute Gasteiger partial charge is 0.493 e. The first-order chi connectivity index (χ1) is 13.2. The molecule has 0 radical (unpaired) electrons. The molecule has 0 aliphatic carbocycles. The van der Waals surface area contributed by atoms with E-state index in [1.54, 1.807) is 11.8 Å². The molecular weight excluding hydrogens is 374 g/mol. The number of thioether (sulfide) groups is 1. The summed E-state index contributed by atoms with van der Waals surface area (Å²) in [5.41, 5.74) is 0.859. The van der Waals surface area contributed by atoms with E-state index in [0.717, 1.165) is 17.9 Å². The molecule has 7 heteroatoms. The highest BCUT2D eigenvalue weighted by molar-refractivity contribution is 7.98. The zero-order valence-electron chi connectivity index (χ0n) is 18.1. The lowest BCUT2D eigenvalue weighted by atomic mass is 9.93. The zero-order valence-corrected chi connectivity index (χ0v) is 18.9. The first kappa shape index (κ1) is 24.5. The first-order valence-corrected chi connectivity index (χ1v) is 10.7. The number of rotatable bonds is 13. The van der Waals surface area contributed by atoms with Gasteiger partial charge in [-0.15, -0.1) is 16.9 Å². The average Bonchev–Trinajstić information content (AvgIpc) is 2.63. The van der Waals surface area contributed by atoms with Crippen LogP contribution in [0.25, 0.3) is 0 Å². The van der Waals surface area contributed by atoms with Crippen LogP contribution in [0.2, 0.25) is 0 Å². The Morgan fingerprint density at radius 2 is 1.71 bits per heavy atom. The van der Waals surface area contributed by atoms with Crippen LogP contribution in [0.15, 0.2) is 34.5 Å². The van der Waals surface area contributed by atoms with E-state index in [0.29, 0.717) is 31.7 Å². The van der Waals surface area contributed by atoms with Crippen LogP contribution in [0.4, 0.5) is 0 Å². The van der Waals surface area contributed by atoms with Gasteiger partial charge in [0.05, 0.1) is 19.8 Å². The molecule has 0 saturated heterocycles. The fourth-order valence-corrected chi connectivity index (χ4v) is 2.73. The Morgan fingerprint density at radius 1 is 1.07 bits per heavy atom. The lowest BCUT2D eigenvalue weighted by Gasteiger charge is -2.29. The maximum atomic E-state index is 5.96. The fourth-order valence-electron chi connectivity index (χ4n) is 2.50. The molecule has 0 spiro atoms. The van der Waals surface area contributed by atoms with Crippen LogP contribution < -0.4 is 10.1 Å². The Morgan fingerprint density at radius 3 is 2.29 bits per heavy atom. The molecule has 0 saturated carbocycles. The minimum absolute atomic E-state index is 0.0881. The van der Waals surface area contributed by atoms with E-state index in [9.17, 15) is 0 Å². The maximum Gasteiger partial charge on any atom is 0.241 e. The third kappa shape index (κ3) is 9.57. The molecule has 1 N–H and O–H groups in total. The lowest BCUT2D eigenvalue weighted by Crippen LogP contribution is -2.34. The minimum Gasteiger partial charge on any atom is -0.493 e. The molecule has 0 aliphatic rings. The molecule has 28 heavy (non-hydrogen) atoms. The Balaban J connectivity index is 2.55. The van der Waals surface area contributed by atoms with Crippen molar-refractivity contribution in [3.8, 4) is 5.75 Å². The standard InChI is InChI=1S/C21H35N3O3S/c1-20(2,12-22-5)13-25-14-21(3,4)15-26-18-10-8-17(9-11-18)19(24-23-6)27-16-28-7/h8-11,22H,6,12-16H2,1-5,7H3/b24-19-. The summed E-state index contributed by atoms with van der Waals surface area (Å²) < 4.78 is 17.5. The van der Waals surface area contributed by atoms with Gasteiger partial charge in [0.15, 0.2) is 0 Å². The monoisotopic (exact) mass is 409 g/mol. The second-order valence-electron chi connectivity index (χ2n) is 8.26. The number of ether oxygens (including phenoxy) is 3. The number of hydrogen-bond acceptors (Lipinski definition) is 7. The molecule has 0 bridgehead atoms. The molecule has 1 rings (SSSR count). The van der Waals surface area contributed by atoms with Gasteiger partial charge in [0.1, 0.15) is 11.7 Å². The zero-order chi connectivity index (χ0) is 21.0. The summed E-state index contributed by atoms with van der Waals surface area (Å²) in [5, 5.41) is 10.7. The summed E-state index contributed by atoms with van der Waals surface area (Å²) in [6.07, 6.45) is 1.96. The van der Waals surface area contributed by atoms with E-state index >= 15 is 0 Å². The number of nitrogens with one attached hydrogen (secondary N) is 1. The van der Waals surface area contributed by atoms with E-state index in [1.165, 1.54) is 0 Å². The van der Waals surface area contributed by atoms with Gasteiger partial charge in [-0.3, -0.25) is 0 Å². The van der Waals surface area contributed by atoms with Crippen molar-refractivity contribution in [2.24, 2.45) is 21.0 Å². The van der Waals surface area contributed by atoms with Crippen molar-refractivity contribution < 1.29 is 14.2 Å². The number of hydrogen-bond donors (Lipinski definition) is 1. The topological polar surface area (TPSA) is 64.4 Å². The van der Waals surface area contributed by atoms with Crippen LogP contribution in [0.1, 0.15) is 33.3 Å². The van der Waals surface area contributed by atoms with E-state index < -0.39 is 0 Å². The molecule has 158 valence electrons. The highest BCUT2D eigenvalue weighted by Gasteiger charge is 2.23. The first-order valence-electron chi connectivity index (χ1n) is 9.34. The van der Waals surface area contributed by atoms with Crippen LogP contribution >= 0.6 is 11.8 Å². The minimum atomic E-state index is -0.0881. The third-order valence-electron chi connectivity index (χ3n) is 3.85. The molecule has 0 aliphatic heterocycles. The van der Waals surface area contributed by atoms with Crippen LogP contribution in [0.5, 0.6) is 5.75 Å². The summed E-state index contributed by atoms with van der Waals surface area (Å²) in [4.78, 5) is 0. The van der Waals surface area contributed by atoms with E-state index in [4.69, 9.17) is 14.2 Å². The highest BCUT2D eigenvalue weighted by atomic mass is 32.2. The highest BCUT2D eigenvalue weighted by Crippen LogP contribution is 2.22. The summed E-state index contributed by atoms with van der Waals surface area (Å²) >= 11 is 1.57. The van der Waals surface area contributed by atoms with Gasteiger partial charge in [-0.2, -0.15) is 5.10 Å². The molecule has 1 aromatic rings. The van der Waals surface area contributed by atoms with E-state index in [-0.39, 0.29) is 10.8 Å². The Hall–Kier alpha value is -1.57. The molecule has 0 unspecified atom stereocenters. The van der Waals surface area contributed by atoms with Crippen molar-refractivity contribution in [2.75, 3.05) is 45.6 Å². The second-order valence-corrected chi connectivity index (χ2v) is 9.08. The lowest BCUT2D eigenvalue weighted by molar-refractivity contribution is -0.000579. The third-order valence-corrected chi connectivity index (χ3v) is 4.20. The number of nitrogens with zero attached hydrogens (tertiary/aromatic N) is 2. The SMILES string of the molecule is C=N/N=C(\OCSC)c1ccc(OCC(C)(C)COCC(C)(C)CNC)cc1. The Labute approximate surface area is 174 Å². The van der Waals surface area contributed by atoms with Crippen LogP contribution in [-0.4, -0.2) is 58.2 Å². The summed E-state index contributed by atoms with van der Waals surface area (Å²) in [6.45, 7) is 14.9. The molecule has 0 atom stereocenters. The van der Waals surface area contributed by atoms with E-state index in [2.05, 4.69) is 49.9 Å². The van der Waals surface area contributed by atoms with Crippen molar-refractivity contribution >= 4 is 24.4 Å². The van der Waals surface area contributed by atoms with Crippen molar-refractivity contribution in [1.82, 2.24) is 5.32 Å². The summed E-state index contributed by atoms with van der Waals surface area (Å²) in [7, 11) is 1.96. The Kier molecular flexibility index (Phi) is 10.6. The van der Waals surface area contributed by atoms with Crippen molar-refractivity contribution in [1.29, 1.82) is 0 Å². The quantitative estimate of drug-likeness (QED) is 0.230. The summed E-state index contributed by atoms with van der Waals surface area (Å²) in [6, 6.07) is 7.62. The van der Waals surface area contributed by atoms with Gasteiger partial charge < -0.3 is 19.5 Å². The van der Waals surface area contributed by atoms with Gasteiger partial charge >= 0.3 is 0 Å². The number of benzene rings is 1. The summed E-state index contributed by atoms with van der Waals surface area (Å²) in [5.74, 6) is 1.75. The fraction of sp³-hybridized carbons (Fsp3) is 0.619. The van der Waals surface area contributed by atoms with Gasteiger partial charge in [-0.1, -0.05) is 27.7 Å². The average molecular weight is 410 g/mol. The molecule has 6 nitrogen and oxygen atoms in total. The molecule has 0 fully saturated rings. The molecule has 1 aromatic carbocycles. The normalized spacial score (nSPS) is 12.7. The maximum absolute atomic E-state index is 5.96. The smallest absolute Gasteiger partial charge is 0.241 e. The molecular formula is C21H35N3O3S. The van der Waals surface area contributed by atoms with E-state index in [1.807, 2.05) is 37.6 Å². The van der Waals surface area contributed by atoms with Crippen LogP contribution in [0.3, 0.4) is 0 Å². The van der Waals surface area contributed by atoms with Gasteiger partial charge in [0, 0.05) is 29.7 Å². The van der Waals surface area contributed by atoms with Gasteiger partial charge in [-0.05, 0) is 37.6 Å². The van der Waals surface area contributed by atoms with Gasteiger partial charge in [0.2, 0.25) is 5.90 Å². The van der Waals surface area contributed by atoms with Crippen LogP contribution in [-0.2, 0) is 9.47 Å². The molecule has 0 amide bonds. The molecule has 0 heterocycles. The van der Waals surface area contributed by atoms with Gasteiger partial charge in [0.25, 0.3) is 0 Å². The predicted octanol–water partition coefficient (Wildman–Crippen LogP) is 4.05. The van der Waals surface area contributed by atoms with Gasteiger partial charge in [-0.25, -0.2) is 0 Å². The van der Waals surface area contributed by atoms with Crippen molar-refractivity contribution in [3.63, 3.8) is 0 Å². The second kappa shape index (κ2) is 12.1.